The third kappa shape index (κ3) is 2.52. The zero-order valence-corrected chi connectivity index (χ0v) is 11.5. The zero-order chi connectivity index (χ0) is 13.2. The minimum Gasteiger partial charge on any atom is -0.353 e. The molecule has 0 aromatic heterocycles. The molecule has 2 N–H and O–H groups in total. The van der Waals surface area contributed by atoms with Gasteiger partial charge in [0.05, 0.1) is 5.92 Å². The molecule has 1 aromatic rings. The van der Waals surface area contributed by atoms with E-state index in [4.69, 9.17) is 0 Å². The predicted molar refractivity (Wildman–Crippen MR) is 76.1 cm³/mol. The Balaban J connectivity index is 1.53. The van der Waals surface area contributed by atoms with Gasteiger partial charge in [0.25, 0.3) is 0 Å². The van der Waals surface area contributed by atoms with E-state index in [9.17, 15) is 4.79 Å². The number of hydrogen-bond acceptors (Lipinski definition) is 2. The molecule has 0 radical (unpaired) electrons. The van der Waals surface area contributed by atoms with Gasteiger partial charge >= 0.3 is 0 Å². The minimum absolute atomic E-state index is 0.0956. The lowest BCUT2D eigenvalue weighted by atomic mass is 9.77. The number of carbonyl (C=O) groups excluding carboxylic acids is 1. The van der Waals surface area contributed by atoms with Gasteiger partial charge in [-0.05, 0) is 50.3 Å². The second kappa shape index (κ2) is 5.33. The molecule has 0 heterocycles. The van der Waals surface area contributed by atoms with Crippen LogP contribution in [0.1, 0.15) is 42.7 Å². The largest absolute Gasteiger partial charge is 0.353 e. The Hall–Kier alpha value is -1.35. The summed E-state index contributed by atoms with van der Waals surface area (Å²) in [6.45, 7) is 0. The average molecular weight is 258 g/mol. The Bertz CT molecular complexity index is 464. The first-order valence-electron chi connectivity index (χ1n) is 7.33. The fraction of sp³-hybridized carbons (Fsp3) is 0.562. The van der Waals surface area contributed by atoms with Gasteiger partial charge in [-0.3, -0.25) is 4.79 Å². The van der Waals surface area contributed by atoms with Gasteiger partial charge in [0, 0.05) is 12.1 Å². The quantitative estimate of drug-likeness (QED) is 0.870. The van der Waals surface area contributed by atoms with Crippen LogP contribution in [0.15, 0.2) is 24.3 Å². The van der Waals surface area contributed by atoms with Crippen molar-refractivity contribution in [2.45, 2.75) is 50.1 Å². The molecule has 1 unspecified atom stereocenters. The Morgan fingerprint density at radius 3 is 2.47 bits per heavy atom. The van der Waals surface area contributed by atoms with E-state index < -0.39 is 0 Å². The summed E-state index contributed by atoms with van der Waals surface area (Å²) in [7, 11) is 2.02. The van der Waals surface area contributed by atoms with Gasteiger partial charge in [-0.15, -0.1) is 0 Å². The number of carbonyl (C=O) groups is 1. The van der Waals surface area contributed by atoms with Gasteiger partial charge in [-0.2, -0.15) is 0 Å². The van der Waals surface area contributed by atoms with E-state index in [0.717, 1.165) is 19.3 Å². The molecular weight excluding hydrogens is 236 g/mol. The lowest BCUT2D eigenvalue weighted by Crippen LogP contribution is -2.44. The second-order valence-corrected chi connectivity index (χ2v) is 5.80. The molecule has 2 aliphatic carbocycles. The number of fused-ring (bicyclic) bond motifs is 1. The molecule has 19 heavy (non-hydrogen) atoms. The maximum Gasteiger partial charge on any atom is 0.228 e. The van der Waals surface area contributed by atoms with Crippen molar-refractivity contribution < 1.29 is 4.79 Å². The normalized spacial score (nSPS) is 29.2. The SMILES string of the molecule is CNC1CCC(NC(=O)C2Cc3ccccc32)CC1. The van der Waals surface area contributed by atoms with E-state index in [1.165, 1.54) is 24.0 Å². The number of rotatable bonds is 3. The van der Waals surface area contributed by atoms with E-state index in [0.29, 0.717) is 12.1 Å². The number of amides is 1. The molecule has 1 atom stereocenters. The zero-order valence-electron chi connectivity index (χ0n) is 11.5. The standard InChI is InChI=1S/C16H22N2O/c1-17-12-6-8-13(9-7-12)18-16(19)15-10-11-4-2-3-5-14(11)15/h2-5,12-13,15,17H,6-10H2,1H3,(H,18,19). The molecule has 102 valence electrons. The van der Waals surface area contributed by atoms with Gasteiger partial charge < -0.3 is 10.6 Å². The second-order valence-electron chi connectivity index (χ2n) is 5.80. The Morgan fingerprint density at radius 1 is 1.11 bits per heavy atom. The third-order valence-electron chi connectivity index (χ3n) is 4.65. The van der Waals surface area contributed by atoms with Crippen LogP contribution in [0.3, 0.4) is 0 Å². The van der Waals surface area contributed by atoms with Crippen molar-refractivity contribution in [3.05, 3.63) is 35.4 Å². The smallest absolute Gasteiger partial charge is 0.228 e. The molecule has 1 saturated carbocycles. The Morgan fingerprint density at radius 2 is 1.79 bits per heavy atom. The molecule has 1 aromatic carbocycles. The highest BCUT2D eigenvalue weighted by Gasteiger charge is 2.33. The van der Waals surface area contributed by atoms with Gasteiger partial charge in [0.1, 0.15) is 0 Å². The maximum absolute atomic E-state index is 12.3. The van der Waals surface area contributed by atoms with Crippen LogP contribution in [0.25, 0.3) is 0 Å². The van der Waals surface area contributed by atoms with Crippen molar-refractivity contribution in [1.29, 1.82) is 0 Å². The predicted octanol–water partition coefficient (Wildman–Crippen LogP) is 1.97. The summed E-state index contributed by atoms with van der Waals surface area (Å²) in [6.07, 6.45) is 5.45. The third-order valence-corrected chi connectivity index (χ3v) is 4.65. The highest BCUT2D eigenvalue weighted by molar-refractivity contribution is 5.87. The number of hydrogen-bond donors (Lipinski definition) is 2. The molecule has 2 aliphatic rings. The highest BCUT2D eigenvalue weighted by atomic mass is 16.2. The van der Waals surface area contributed by atoms with Crippen molar-refractivity contribution in [2.75, 3.05) is 7.05 Å². The first kappa shape index (κ1) is 12.7. The monoisotopic (exact) mass is 258 g/mol. The molecular formula is C16H22N2O. The lowest BCUT2D eigenvalue weighted by molar-refractivity contribution is -0.124. The first-order chi connectivity index (χ1) is 9.28. The van der Waals surface area contributed by atoms with Crippen LogP contribution in [0.2, 0.25) is 0 Å². The van der Waals surface area contributed by atoms with Crippen LogP contribution in [-0.4, -0.2) is 25.0 Å². The summed E-state index contributed by atoms with van der Waals surface area (Å²) in [5.41, 5.74) is 2.56. The summed E-state index contributed by atoms with van der Waals surface area (Å²) in [4.78, 5) is 12.3. The molecule has 1 amide bonds. The van der Waals surface area contributed by atoms with Crippen molar-refractivity contribution in [3.63, 3.8) is 0 Å². The Labute approximate surface area is 114 Å². The van der Waals surface area contributed by atoms with Crippen molar-refractivity contribution >= 4 is 5.91 Å². The minimum atomic E-state index is 0.0956. The van der Waals surface area contributed by atoms with Crippen LogP contribution < -0.4 is 10.6 Å². The number of nitrogens with one attached hydrogen (secondary N) is 2. The van der Waals surface area contributed by atoms with Crippen LogP contribution >= 0.6 is 0 Å². The van der Waals surface area contributed by atoms with Crippen molar-refractivity contribution in [3.8, 4) is 0 Å². The summed E-state index contributed by atoms with van der Waals surface area (Å²) in [5.74, 6) is 0.324. The number of benzene rings is 1. The molecule has 0 spiro atoms. The highest BCUT2D eigenvalue weighted by Crippen LogP contribution is 2.35. The van der Waals surface area contributed by atoms with Crippen LogP contribution in [-0.2, 0) is 11.2 Å². The topological polar surface area (TPSA) is 41.1 Å². The van der Waals surface area contributed by atoms with Crippen molar-refractivity contribution in [2.24, 2.45) is 0 Å². The summed E-state index contributed by atoms with van der Waals surface area (Å²) in [5, 5.41) is 6.56. The lowest BCUT2D eigenvalue weighted by Gasteiger charge is -2.33. The van der Waals surface area contributed by atoms with E-state index >= 15 is 0 Å². The fourth-order valence-corrected chi connectivity index (χ4v) is 3.32. The van der Waals surface area contributed by atoms with E-state index in [1.54, 1.807) is 0 Å². The Kier molecular flexibility index (Phi) is 3.56. The molecule has 0 aliphatic heterocycles. The summed E-state index contributed by atoms with van der Waals surface area (Å²) < 4.78 is 0. The van der Waals surface area contributed by atoms with Gasteiger partial charge in [-0.25, -0.2) is 0 Å². The summed E-state index contributed by atoms with van der Waals surface area (Å²) >= 11 is 0. The van der Waals surface area contributed by atoms with E-state index in [2.05, 4.69) is 22.8 Å². The molecule has 3 heteroatoms. The van der Waals surface area contributed by atoms with Crippen LogP contribution in [0, 0.1) is 0 Å². The molecule has 0 saturated heterocycles. The van der Waals surface area contributed by atoms with Crippen LogP contribution in [0.4, 0.5) is 0 Å². The van der Waals surface area contributed by atoms with Gasteiger partial charge in [0.15, 0.2) is 0 Å². The molecule has 3 nitrogen and oxygen atoms in total. The summed E-state index contributed by atoms with van der Waals surface area (Å²) in [6, 6.07) is 9.29. The van der Waals surface area contributed by atoms with Crippen LogP contribution in [0.5, 0.6) is 0 Å². The molecule has 1 fully saturated rings. The molecule has 3 rings (SSSR count). The van der Waals surface area contributed by atoms with Crippen molar-refractivity contribution in [1.82, 2.24) is 10.6 Å². The fourth-order valence-electron chi connectivity index (χ4n) is 3.32. The van der Waals surface area contributed by atoms with Gasteiger partial charge in [0.2, 0.25) is 5.91 Å². The van der Waals surface area contributed by atoms with Gasteiger partial charge in [-0.1, -0.05) is 24.3 Å². The average Bonchev–Trinajstić information content (AvgIpc) is 2.41. The van der Waals surface area contributed by atoms with E-state index in [-0.39, 0.29) is 11.8 Å². The van der Waals surface area contributed by atoms with E-state index in [1.807, 2.05) is 19.2 Å². The first-order valence-corrected chi connectivity index (χ1v) is 7.33. The maximum atomic E-state index is 12.3. The molecule has 0 bridgehead atoms.